The predicted molar refractivity (Wildman–Crippen MR) is 115 cm³/mol. The van der Waals surface area contributed by atoms with E-state index >= 15 is 0 Å². The third kappa shape index (κ3) is 5.16. The molecule has 1 aliphatic heterocycles. The Kier molecular flexibility index (Phi) is 6.08. The van der Waals surface area contributed by atoms with Crippen LogP contribution in [0.25, 0.3) is 10.9 Å². The molecule has 0 radical (unpaired) electrons. The maximum absolute atomic E-state index is 13.2. The molecule has 1 aromatic carbocycles. The van der Waals surface area contributed by atoms with Crippen LogP contribution in [0.15, 0.2) is 59.9 Å². The van der Waals surface area contributed by atoms with Gasteiger partial charge in [0.05, 0.1) is 24.5 Å². The third-order valence-corrected chi connectivity index (χ3v) is 4.95. The van der Waals surface area contributed by atoms with E-state index in [0.717, 1.165) is 0 Å². The van der Waals surface area contributed by atoms with Crippen LogP contribution in [0.2, 0.25) is 5.15 Å². The number of halogens is 2. The Labute approximate surface area is 182 Å². The fraction of sp³-hybridized carbons (Fsp3) is 0.182. The molecular formula is C22H18ClFN4O3. The van der Waals surface area contributed by atoms with Crippen molar-refractivity contribution in [1.29, 1.82) is 0 Å². The Morgan fingerprint density at radius 3 is 2.84 bits per heavy atom. The van der Waals surface area contributed by atoms with E-state index in [4.69, 9.17) is 16.3 Å². The van der Waals surface area contributed by atoms with Gasteiger partial charge in [-0.1, -0.05) is 23.7 Å². The predicted octanol–water partition coefficient (Wildman–Crippen LogP) is 3.60. The number of aromatic nitrogens is 2. The molecule has 0 bridgehead atoms. The second kappa shape index (κ2) is 9.09. The molecule has 0 aliphatic carbocycles. The number of carbonyl (C=O) groups excluding carboxylic acids is 2. The summed E-state index contributed by atoms with van der Waals surface area (Å²) in [5, 5.41) is 3.75. The van der Waals surface area contributed by atoms with Gasteiger partial charge in [-0.3, -0.25) is 9.59 Å². The van der Waals surface area contributed by atoms with Crippen LogP contribution < -0.4 is 5.32 Å². The molecule has 0 spiro atoms. The number of H-pyrrole nitrogens is 1. The van der Waals surface area contributed by atoms with Crippen LogP contribution in [0.4, 0.5) is 4.39 Å². The number of rotatable bonds is 6. The number of aromatic amines is 1. The number of ether oxygens (including phenoxy) is 1. The Bertz CT molecular complexity index is 1180. The van der Waals surface area contributed by atoms with Crippen molar-refractivity contribution in [2.24, 2.45) is 4.99 Å². The van der Waals surface area contributed by atoms with Crippen LogP contribution in [0, 0.1) is 5.82 Å². The first-order chi connectivity index (χ1) is 15.0. The van der Waals surface area contributed by atoms with Gasteiger partial charge in [0, 0.05) is 18.2 Å². The normalized spacial score (nSPS) is 15.8. The van der Waals surface area contributed by atoms with E-state index in [1.165, 1.54) is 18.3 Å². The Morgan fingerprint density at radius 2 is 2.10 bits per heavy atom. The minimum Gasteiger partial charge on any atom is -0.496 e. The SMILES string of the molecule is O=C(NCC1CC=CO1)C(Cc1ccc(F)cc1)=NC(=O)c1cc2cc(Cl)ncc2[nH]1. The Balaban J connectivity index is 1.57. The molecule has 0 fully saturated rings. The topological polar surface area (TPSA) is 96.4 Å². The van der Waals surface area contributed by atoms with Gasteiger partial charge in [-0.25, -0.2) is 14.4 Å². The average molecular weight is 441 g/mol. The van der Waals surface area contributed by atoms with Gasteiger partial charge in [0.1, 0.15) is 28.5 Å². The van der Waals surface area contributed by atoms with Gasteiger partial charge in [-0.2, -0.15) is 0 Å². The highest BCUT2D eigenvalue weighted by molar-refractivity contribution is 6.41. The standard InChI is InChI=1S/C22H18ClFN4O3/c23-20-10-14-9-18(27-19(14)12-25-20)22(30)28-17(8-13-3-5-15(24)6-4-13)21(29)26-11-16-2-1-7-31-16/h1,3-7,9-10,12,16,27H,2,8,11H2,(H,26,29). The molecule has 3 heterocycles. The van der Waals surface area contributed by atoms with Crippen molar-refractivity contribution in [1.82, 2.24) is 15.3 Å². The van der Waals surface area contributed by atoms with Crippen LogP contribution in [-0.2, 0) is 16.0 Å². The fourth-order valence-electron chi connectivity index (χ4n) is 3.14. The van der Waals surface area contributed by atoms with Crippen molar-refractivity contribution < 1.29 is 18.7 Å². The van der Waals surface area contributed by atoms with E-state index in [1.54, 1.807) is 30.5 Å². The molecule has 0 saturated carbocycles. The van der Waals surface area contributed by atoms with Crippen LogP contribution in [0.3, 0.4) is 0 Å². The van der Waals surface area contributed by atoms with E-state index in [0.29, 0.717) is 28.0 Å². The summed E-state index contributed by atoms with van der Waals surface area (Å²) in [6.45, 7) is 0.277. The summed E-state index contributed by atoms with van der Waals surface area (Å²) in [6.07, 6.45) is 5.57. The number of hydrogen-bond donors (Lipinski definition) is 2. The number of amides is 2. The van der Waals surface area contributed by atoms with Crippen molar-refractivity contribution in [2.45, 2.75) is 18.9 Å². The second-order valence-electron chi connectivity index (χ2n) is 7.02. The highest BCUT2D eigenvalue weighted by atomic mass is 35.5. The van der Waals surface area contributed by atoms with Crippen molar-refractivity contribution in [3.63, 3.8) is 0 Å². The molecule has 2 aromatic heterocycles. The smallest absolute Gasteiger partial charge is 0.293 e. The highest BCUT2D eigenvalue weighted by Crippen LogP contribution is 2.18. The van der Waals surface area contributed by atoms with Gasteiger partial charge in [-0.15, -0.1) is 0 Å². The molecule has 9 heteroatoms. The largest absolute Gasteiger partial charge is 0.496 e. The minimum absolute atomic E-state index is 0.0115. The van der Waals surface area contributed by atoms with Crippen molar-refractivity contribution in [2.75, 3.05) is 6.54 Å². The molecule has 3 aromatic rings. The summed E-state index contributed by atoms with van der Waals surface area (Å²) in [7, 11) is 0. The van der Waals surface area contributed by atoms with Gasteiger partial charge >= 0.3 is 0 Å². The molecule has 1 unspecified atom stereocenters. The summed E-state index contributed by atoms with van der Waals surface area (Å²) in [4.78, 5) is 36.5. The lowest BCUT2D eigenvalue weighted by atomic mass is 10.1. The lowest BCUT2D eigenvalue weighted by Crippen LogP contribution is -2.37. The second-order valence-corrected chi connectivity index (χ2v) is 7.41. The van der Waals surface area contributed by atoms with Crippen LogP contribution in [0.5, 0.6) is 0 Å². The maximum atomic E-state index is 13.2. The summed E-state index contributed by atoms with van der Waals surface area (Å²) >= 11 is 5.89. The monoisotopic (exact) mass is 440 g/mol. The van der Waals surface area contributed by atoms with E-state index in [1.807, 2.05) is 6.08 Å². The molecule has 1 aliphatic rings. The molecule has 158 valence electrons. The highest BCUT2D eigenvalue weighted by Gasteiger charge is 2.19. The lowest BCUT2D eigenvalue weighted by Gasteiger charge is -2.12. The number of hydrogen-bond acceptors (Lipinski definition) is 4. The summed E-state index contributed by atoms with van der Waals surface area (Å²) < 4.78 is 18.6. The molecular weight excluding hydrogens is 423 g/mol. The van der Waals surface area contributed by atoms with Gasteiger partial charge in [0.15, 0.2) is 0 Å². The number of nitrogens with one attached hydrogen (secondary N) is 2. The first-order valence-corrected chi connectivity index (χ1v) is 9.95. The van der Waals surface area contributed by atoms with Crippen LogP contribution >= 0.6 is 11.6 Å². The van der Waals surface area contributed by atoms with E-state index < -0.39 is 11.8 Å². The zero-order valence-corrected chi connectivity index (χ0v) is 17.0. The summed E-state index contributed by atoms with van der Waals surface area (Å²) in [5.41, 5.74) is 1.48. The van der Waals surface area contributed by atoms with E-state index in [-0.39, 0.29) is 36.3 Å². The third-order valence-electron chi connectivity index (χ3n) is 4.74. The Morgan fingerprint density at radius 1 is 1.29 bits per heavy atom. The molecule has 0 saturated heterocycles. The number of fused-ring (bicyclic) bond motifs is 1. The molecule has 31 heavy (non-hydrogen) atoms. The summed E-state index contributed by atoms with van der Waals surface area (Å²) in [6, 6.07) is 8.89. The first-order valence-electron chi connectivity index (χ1n) is 9.57. The zero-order chi connectivity index (χ0) is 21.8. The molecule has 1 atom stereocenters. The zero-order valence-electron chi connectivity index (χ0n) is 16.3. The Hall–Kier alpha value is -3.52. The van der Waals surface area contributed by atoms with Crippen molar-refractivity contribution in [3.05, 3.63) is 77.2 Å². The maximum Gasteiger partial charge on any atom is 0.293 e. The van der Waals surface area contributed by atoms with Crippen LogP contribution in [-0.4, -0.2) is 40.1 Å². The van der Waals surface area contributed by atoms with Crippen molar-refractivity contribution >= 4 is 40.0 Å². The first kappa shape index (κ1) is 20.7. The number of aliphatic imine (C=N–C) groups is 1. The quantitative estimate of drug-likeness (QED) is 0.452. The van der Waals surface area contributed by atoms with Crippen molar-refractivity contribution in [3.8, 4) is 0 Å². The molecule has 4 rings (SSSR count). The number of nitrogens with zero attached hydrogens (tertiary/aromatic N) is 2. The number of carbonyl (C=O) groups is 2. The minimum atomic E-state index is -0.613. The van der Waals surface area contributed by atoms with Crippen LogP contribution in [0.1, 0.15) is 22.5 Å². The number of benzene rings is 1. The lowest BCUT2D eigenvalue weighted by molar-refractivity contribution is -0.115. The van der Waals surface area contributed by atoms with Gasteiger partial charge < -0.3 is 15.0 Å². The van der Waals surface area contributed by atoms with E-state index in [2.05, 4.69) is 20.3 Å². The van der Waals surface area contributed by atoms with E-state index in [9.17, 15) is 14.0 Å². The van der Waals surface area contributed by atoms with Gasteiger partial charge in [0.2, 0.25) is 0 Å². The summed E-state index contributed by atoms with van der Waals surface area (Å²) in [5.74, 6) is -1.49. The molecule has 2 N–H and O–H groups in total. The number of pyridine rings is 1. The average Bonchev–Trinajstić information content (AvgIpc) is 3.42. The van der Waals surface area contributed by atoms with Gasteiger partial charge in [-0.05, 0) is 35.9 Å². The molecule has 2 amide bonds. The molecule has 7 nitrogen and oxygen atoms in total. The van der Waals surface area contributed by atoms with Gasteiger partial charge in [0.25, 0.3) is 11.8 Å². The fourth-order valence-corrected chi connectivity index (χ4v) is 3.30.